The zero-order valence-electron chi connectivity index (χ0n) is 30.8. The molecule has 4 rings (SSSR count). The maximum Gasteiger partial charge on any atom is 2.00 e. The van der Waals surface area contributed by atoms with E-state index >= 15 is 0 Å². The third-order valence-electron chi connectivity index (χ3n) is 7.32. The number of carbonyl (C=O) groups is 4. The van der Waals surface area contributed by atoms with E-state index < -0.39 is 49.6 Å². The summed E-state index contributed by atoms with van der Waals surface area (Å²) >= 11 is 6.26. The van der Waals surface area contributed by atoms with Crippen LogP contribution in [-0.4, -0.2) is 68.3 Å². The van der Waals surface area contributed by atoms with Gasteiger partial charge in [-0.2, -0.15) is 0 Å². The minimum atomic E-state index is -10.7. The topological polar surface area (TPSA) is 152 Å². The Hall–Kier alpha value is -4.14. The number of hydrogen-bond acceptors (Lipinski definition) is 8. The summed E-state index contributed by atoms with van der Waals surface area (Å²) in [5.41, 5.74) is 2.02. The molecule has 3 atom stereocenters. The van der Waals surface area contributed by atoms with Crippen molar-refractivity contribution in [1.82, 2.24) is 16.0 Å². The zero-order chi connectivity index (χ0) is 42.2. The first-order chi connectivity index (χ1) is 26.0. The predicted molar refractivity (Wildman–Crippen MR) is 199 cm³/mol. The number of phenolic OH excluding ortho intramolecular Hbond substituents is 1. The second-order valence-electron chi connectivity index (χ2n) is 11.9. The molecule has 0 saturated heterocycles. The van der Waals surface area contributed by atoms with Gasteiger partial charge in [-0.05, 0) is 85.2 Å². The van der Waals surface area contributed by atoms with Crippen LogP contribution in [0.2, 0.25) is 5.02 Å². The van der Waals surface area contributed by atoms with Gasteiger partial charge in [0.05, 0.1) is 26.4 Å². The van der Waals surface area contributed by atoms with Crippen LogP contribution in [-0.2, 0) is 62.7 Å². The van der Waals surface area contributed by atoms with Crippen molar-refractivity contribution in [1.29, 1.82) is 0 Å². The van der Waals surface area contributed by atoms with E-state index in [1.165, 1.54) is 40.4 Å². The quantitative estimate of drug-likeness (QED) is 0.0577. The molecule has 20 heteroatoms. The van der Waals surface area contributed by atoms with E-state index in [4.69, 9.17) is 25.8 Å². The van der Waals surface area contributed by atoms with Crippen LogP contribution in [0.25, 0.3) is 0 Å². The molecular formula is C37H41ClF6N3O8PRu+. The zero-order valence-corrected chi connectivity index (χ0v) is 34.2. The van der Waals surface area contributed by atoms with E-state index in [-0.39, 0.29) is 44.5 Å². The fraction of sp³-hybridized carbons (Fsp3) is 0.270. The van der Waals surface area contributed by atoms with Gasteiger partial charge in [-0.1, -0.05) is 41.9 Å². The Kier molecular flexibility index (Phi) is 19.8. The number of nitrogens with one attached hydrogen (secondary N) is 3. The molecule has 1 saturated carbocycles. The summed E-state index contributed by atoms with van der Waals surface area (Å²) in [7, 11) is -6.43. The van der Waals surface area contributed by atoms with Crippen molar-refractivity contribution in [3.8, 4) is 17.2 Å². The number of benzene rings is 3. The van der Waals surface area contributed by atoms with Crippen molar-refractivity contribution in [2.45, 2.75) is 44.3 Å². The fourth-order valence-electron chi connectivity index (χ4n) is 4.80. The maximum atomic E-state index is 13.7. The van der Waals surface area contributed by atoms with Crippen LogP contribution < -0.4 is 25.4 Å². The number of carbonyl (C=O) groups excluding carboxylic acids is 4. The van der Waals surface area contributed by atoms with E-state index in [1.54, 1.807) is 54.6 Å². The third-order valence-corrected chi connectivity index (χ3v) is 7.61. The van der Waals surface area contributed by atoms with Gasteiger partial charge < -0.3 is 35.3 Å². The molecule has 11 nitrogen and oxygen atoms in total. The van der Waals surface area contributed by atoms with Gasteiger partial charge in [0.2, 0.25) is 17.7 Å². The molecule has 0 unspecified atom stereocenters. The second kappa shape index (κ2) is 22.1. The average Bonchev–Trinajstić information content (AvgIpc) is 3.71. The van der Waals surface area contributed by atoms with Gasteiger partial charge in [0.15, 0.2) is 0 Å². The van der Waals surface area contributed by atoms with E-state index in [1.807, 2.05) is 32.1 Å². The average molecular weight is 937 g/mol. The van der Waals surface area contributed by atoms with Crippen LogP contribution in [0, 0.1) is 32.1 Å². The molecule has 3 aromatic rings. The molecule has 0 bridgehead atoms. The molecule has 1 aliphatic carbocycles. The van der Waals surface area contributed by atoms with Crippen LogP contribution >= 0.6 is 19.4 Å². The Labute approximate surface area is 344 Å². The Morgan fingerprint density at radius 1 is 0.649 bits per heavy atom. The van der Waals surface area contributed by atoms with E-state index in [0.717, 1.165) is 0 Å². The summed E-state index contributed by atoms with van der Waals surface area (Å²) < 4.78 is 74.5. The van der Waals surface area contributed by atoms with Gasteiger partial charge in [-0.3, -0.25) is 14.4 Å². The van der Waals surface area contributed by atoms with Gasteiger partial charge in [-0.25, -0.2) is 4.79 Å². The van der Waals surface area contributed by atoms with Crippen molar-refractivity contribution >= 4 is 43.1 Å². The Bertz CT molecular complexity index is 1750. The number of phenols is 1. The minimum Gasteiger partial charge on any atom is -0.0312 e. The molecule has 313 valence electrons. The van der Waals surface area contributed by atoms with Crippen LogP contribution in [0.5, 0.6) is 17.2 Å². The number of aromatic hydroxyl groups is 1. The number of halogens is 7. The summed E-state index contributed by atoms with van der Waals surface area (Å²) in [6, 6.07) is 14.9. The molecule has 3 aromatic carbocycles. The van der Waals surface area contributed by atoms with E-state index in [2.05, 4.69) is 16.0 Å². The van der Waals surface area contributed by atoms with E-state index in [9.17, 15) is 49.5 Å². The summed E-state index contributed by atoms with van der Waals surface area (Å²) in [5.74, 6) is -1.26. The number of hydrogen-bond donors (Lipinski definition) is 4. The number of amides is 3. The first-order valence-corrected chi connectivity index (χ1v) is 18.8. The van der Waals surface area contributed by atoms with Crippen molar-refractivity contribution < 1.29 is 83.2 Å². The van der Waals surface area contributed by atoms with Gasteiger partial charge >= 0.3 is 58.4 Å². The Morgan fingerprint density at radius 2 is 1.05 bits per heavy atom. The Morgan fingerprint density at radius 3 is 1.46 bits per heavy atom. The molecule has 1 fully saturated rings. The minimum absolute atomic E-state index is 0. The van der Waals surface area contributed by atoms with Crippen LogP contribution in [0.4, 0.5) is 25.2 Å². The molecule has 0 aromatic heterocycles. The monoisotopic (exact) mass is 937 g/mol. The van der Waals surface area contributed by atoms with Crippen LogP contribution in [0.15, 0.2) is 66.7 Å². The summed E-state index contributed by atoms with van der Waals surface area (Å²) in [6.07, 6.45) is 10.2. The first-order valence-electron chi connectivity index (χ1n) is 16.4. The van der Waals surface area contributed by atoms with Crippen LogP contribution in [0.1, 0.15) is 23.6 Å². The third kappa shape index (κ3) is 22.4. The molecule has 57 heavy (non-hydrogen) atoms. The molecule has 5 radical (unpaired) electrons. The smallest absolute Gasteiger partial charge is 0.0312 e. The normalized spacial score (nSPS) is 14.7. The van der Waals surface area contributed by atoms with Gasteiger partial charge in [-0.15, -0.1) is 0 Å². The fourth-order valence-corrected chi connectivity index (χ4v) is 5.08. The first kappa shape index (κ1) is 50.9. The van der Waals surface area contributed by atoms with Crippen molar-refractivity contribution in [3.05, 3.63) is 121 Å². The van der Waals surface area contributed by atoms with Crippen LogP contribution in [0.3, 0.4) is 0 Å². The van der Waals surface area contributed by atoms with Crippen molar-refractivity contribution in [3.63, 3.8) is 0 Å². The van der Waals surface area contributed by atoms with Gasteiger partial charge in [0.1, 0.15) is 35.4 Å². The molecule has 0 heterocycles. The predicted octanol–water partition coefficient (Wildman–Crippen LogP) is 7.14. The molecule has 0 aliphatic heterocycles. The molecule has 1 aliphatic rings. The summed E-state index contributed by atoms with van der Waals surface area (Å²) in [5, 5.41) is 18.0. The van der Waals surface area contributed by atoms with E-state index in [0.29, 0.717) is 33.2 Å². The summed E-state index contributed by atoms with van der Waals surface area (Å²) in [6.45, 7) is 1.28. The second-order valence-corrected chi connectivity index (χ2v) is 14.2. The standard InChI is InChI=1S/C32H36ClN3O8.C5H5.F6P.Ru/c1-19(37)34-26(16-20-5-10-23(38)11-6-20)30(39)35-27(17-21-7-12-24(42-2)13-8-21)31(40)36-28(32(41)44-4)18-22-9-14-29(43-3)25(33)15-22;1-2-4-5-3-1;1-7(2,3,4,5)6;/h5-15,26-28,38H,16-18H2,1-4H3,(H,34,37)(H,35,39)(H,36,40);1-5H;;/q;;-1;+2/t26-,27-,28-;;;/m0.../s1. The molecule has 4 N–H and O–H groups in total. The molecular weight excluding hydrogens is 896 g/mol. The maximum absolute atomic E-state index is 13.7. The SMILES string of the molecule is COC(=O)[C@H](Cc1ccc(OC)c(Cl)c1)NC(=O)[C@H](Cc1ccc(OC)cc1)NC(=O)[C@H](Cc1ccc(O)cc1)NC(C)=O.F[P-](F)(F)(F)(F)F.[CH]1[CH][CH][CH][CH]1.[Ru+2]. The number of ether oxygens (including phenoxy) is 3. The van der Waals surface area contributed by atoms with Crippen molar-refractivity contribution in [2.75, 3.05) is 21.3 Å². The number of rotatable bonds is 14. The number of methoxy groups -OCH3 is 3. The largest absolute Gasteiger partial charge is 2.00 e. The van der Waals surface area contributed by atoms with Gasteiger partial charge in [0, 0.05) is 26.2 Å². The van der Waals surface area contributed by atoms with Gasteiger partial charge in [0.25, 0.3) is 0 Å². The van der Waals surface area contributed by atoms with Crippen molar-refractivity contribution in [2.24, 2.45) is 0 Å². The number of esters is 1. The molecule has 3 amide bonds. The Balaban J connectivity index is 0.00000107. The summed E-state index contributed by atoms with van der Waals surface area (Å²) in [4.78, 5) is 51.9. The molecule has 0 spiro atoms.